The first-order valence-electron chi connectivity index (χ1n) is 13.5. The molecular formula is C30H38N4O6. The number of carbonyl (C=O) groups is 3. The molecule has 1 aliphatic carbocycles. The fourth-order valence-electron chi connectivity index (χ4n) is 4.79. The van der Waals surface area contributed by atoms with Gasteiger partial charge < -0.3 is 30.5 Å². The van der Waals surface area contributed by atoms with Crippen LogP contribution in [0.1, 0.15) is 70.0 Å². The summed E-state index contributed by atoms with van der Waals surface area (Å²) in [6, 6.07) is 11.7. The van der Waals surface area contributed by atoms with Crippen LogP contribution in [0.5, 0.6) is 11.5 Å². The molecule has 4 N–H and O–H groups in total. The maximum Gasteiger partial charge on any atom is 0.408 e. The second-order valence-corrected chi connectivity index (χ2v) is 11.0. The van der Waals surface area contributed by atoms with Gasteiger partial charge in [0.2, 0.25) is 11.8 Å². The van der Waals surface area contributed by atoms with Crippen molar-refractivity contribution in [3.63, 3.8) is 0 Å². The van der Waals surface area contributed by atoms with Gasteiger partial charge in [-0.05, 0) is 57.4 Å². The minimum absolute atomic E-state index is 0.00196. The lowest BCUT2D eigenvalue weighted by Gasteiger charge is -2.34. The first-order valence-corrected chi connectivity index (χ1v) is 13.5. The normalized spacial score (nSPS) is 15.2. The van der Waals surface area contributed by atoms with Gasteiger partial charge in [-0.25, -0.2) is 4.79 Å². The first-order chi connectivity index (χ1) is 19.0. The molecule has 0 heterocycles. The minimum Gasteiger partial charge on any atom is -0.508 e. The highest BCUT2D eigenvalue weighted by molar-refractivity contribution is 5.93. The highest BCUT2D eigenvalue weighted by atomic mass is 16.6. The molecule has 3 rings (SSSR count). The van der Waals surface area contributed by atoms with Gasteiger partial charge in [0.15, 0.2) is 0 Å². The zero-order valence-corrected chi connectivity index (χ0v) is 23.2. The van der Waals surface area contributed by atoms with Gasteiger partial charge in [-0.15, -0.1) is 0 Å². The summed E-state index contributed by atoms with van der Waals surface area (Å²) in [6.45, 7) is 4.59. The molecule has 2 aromatic rings. The van der Waals surface area contributed by atoms with Gasteiger partial charge >= 0.3 is 6.09 Å². The number of aromatic hydroxyl groups is 2. The van der Waals surface area contributed by atoms with E-state index in [2.05, 4.69) is 10.6 Å². The molecule has 0 radical (unpaired) electrons. The van der Waals surface area contributed by atoms with Crippen molar-refractivity contribution in [2.24, 2.45) is 0 Å². The van der Waals surface area contributed by atoms with Crippen molar-refractivity contribution in [2.75, 3.05) is 6.54 Å². The third-order valence-electron chi connectivity index (χ3n) is 6.63. The van der Waals surface area contributed by atoms with Crippen LogP contribution in [0.2, 0.25) is 0 Å². The number of nitrogens with zero attached hydrogens (tertiary/aromatic N) is 2. The van der Waals surface area contributed by atoms with Crippen molar-refractivity contribution in [2.45, 2.75) is 83.0 Å². The topological polar surface area (TPSA) is 152 Å². The number of amides is 3. The number of benzene rings is 2. The summed E-state index contributed by atoms with van der Waals surface area (Å²) in [7, 11) is 0. The fourth-order valence-corrected chi connectivity index (χ4v) is 4.79. The van der Waals surface area contributed by atoms with E-state index in [9.17, 15) is 29.9 Å². The molecule has 2 aromatic carbocycles. The summed E-state index contributed by atoms with van der Waals surface area (Å²) in [4.78, 5) is 41.7. The van der Waals surface area contributed by atoms with Crippen molar-refractivity contribution in [1.82, 2.24) is 15.5 Å². The van der Waals surface area contributed by atoms with E-state index in [1.807, 2.05) is 6.07 Å². The van der Waals surface area contributed by atoms with E-state index in [0.717, 1.165) is 37.0 Å². The second kappa shape index (κ2) is 13.7. The van der Waals surface area contributed by atoms with E-state index in [0.29, 0.717) is 5.56 Å². The number of hydrogen-bond acceptors (Lipinski definition) is 7. The Balaban J connectivity index is 2.00. The number of carbonyl (C=O) groups excluding carboxylic acids is 3. The van der Waals surface area contributed by atoms with Crippen molar-refractivity contribution in [3.05, 3.63) is 59.7 Å². The number of nitrogens with one attached hydrogen (secondary N) is 2. The molecule has 3 amide bonds. The third-order valence-corrected chi connectivity index (χ3v) is 6.63. The Labute approximate surface area is 234 Å². The number of phenols is 2. The van der Waals surface area contributed by atoms with E-state index in [-0.39, 0.29) is 29.5 Å². The van der Waals surface area contributed by atoms with E-state index in [1.54, 1.807) is 45.0 Å². The molecule has 10 heteroatoms. The first kappa shape index (κ1) is 30.3. The van der Waals surface area contributed by atoms with Crippen molar-refractivity contribution in [1.29, 1.82) is 5.26 Å². The van der Waals surface area contributed by atoms with Crippen LogP contribution in [0.3, 0.4) is 0 Å². The van der Waals surface area contributed by atoms with Gasteiger partial charge in [0.1, 0.15) is 35.7 Å². The summed E-state index contributed by atoms with van der Waals surface area (Å²) in [5.41, 5.74) is -0.0456. The van der Waals surface area contributed by atoms with Crippen LogP contribution in [0, 0.1) is 11.3 Å². The van der Waals surface area contributed by atoms with Crippen LogP contribution < -0.4 is 10.6 Å². The molecule has 2 unspecified atom stereocenters. The maximum atomic E-state index is 14.1. The molecule has 2 atom stereocenters. The summed E-state index contributed by atoms with van der Waals surface area (Å²) in [5.74, 6) is -1.38. The number of para-hydroxylation sites is 1. The Morgan fingerprint density at radius 3 is 2.30 bits per heavy atom. The molecule has 40 heavy (non-hydrogen) atoms. The maximum absolute atomic E-state index is 14.1. The predicted octanol–water partition coefficient (Wildman–Crippen LogP) is 4.08. The van der Waals surface area contributed by atoms with Crippen LogP contribution >= 0.6 is 0 Å². The van der Waals surface area contributed by atoms with Crippen molar-refractivity contribution >= 4 is 17.9 Å². The van der Waals surface area contributed by atoms with E-state index in [1.165, 1.54) is 24.3 Å². The standard InChI is InChI=1S/C30H38N4O6/c1-30(2,3)40-29(39)33-24(19-20-13-15-22(35)16-14-20)28(38)34(18-17-31)26(23-11-7-8-12-25(23)36)27(37)32-21-9-5-4-6-10-21/h7-8,11-16,21,24,26,35-36H,4-6,9-10,18-19H2,1-3H3,(H,32,37)(H,33,39). The summed E-state index contributed by atoms with van der Waals surface area (Å²) in [5, 5.41) is 35.7. The zero-order chi connectivity index (χ0) is 29.3. The lowest BCUT2D eigenvalue weighted by atomic mass is 9.94. The smallest absolute Gasteiger partial charge is 0.408 e. The van der Waals surface area contributed by atoms with Crippen LogP contribution in [-0.4, -0.2) is 57.3 Å². The van der Waals surface area contributed by atoms with Gasteiger partial charge in [0, 0.05) is 18.0 Å². The van der Waals surface area contributed by atoms with Gasteiger partial charge in [-0.1, -0.05) is 49.6 Å². The van der Waals surface area contributed by atoms with E-state index in [4.69, 9.17) is 4.74 Å². The fraction of sp³-hybridized carbons (Fsp3) is 0.467. The van der Waals surface area contributed by atoms with Gasteiger partial charge in [-0.3, -0.25) is 9.59 Å². The van der Waals surface area contributed by atoms with Gasteiger partial charge in [0.25, 0.3) is 0 Å². The van der Waals surface area contributed by atoms with E-state index >= 15 is 0 Å². The number of nitriles is 1. The molecule has 214 valence electrons. The van der Waals surface area contributed by atoms with Crippen LogP contribution in [-0.2, 0) is 20.7 Å². The van der Waals surface area contributed by atoms with Gasteiger partial charge in [-0.2, -0.15) is 5.26 Å². The molecule has 1 fully saturated rings. The van der Waals surface area contributed by atoms with Crippen LogP contribution in [0.4, 0.5) is 4.79 Å². The average molecular weight is 551 g/mol. The number of ether oxygens (including phenoxy) is 1. The molecule has 1 aliphatic rings. The second-order valence-electron chi connectivity index (χ2n) is 11.0. The molecule has 0 bridgehead atoms. The molecule has 0 aromatic heterocycles. The SMILES string of the molecule is CC(C)(C)OC(=O)NC(Cc1ccc(O)cc1)C(=O)N(CC#N)C(C(=O)NC1CCCCC1)c1ccccc1O. The highest BCUT2D eigenvalue weighted by Gasteiger charge is 2.38. The van der Waals surface area contributed by atoms with Crippen LogP contribution in [0.15, 0.2) is 48.5 Å². The zero-order valence-electron chi connectivity index (χ0n) is 23.2. The summed E-state index contributed by atoms with van der Waals surface area (Å²) in [6.07, 6.45) is 3.79. The summed E-state index contributed by atoms with van der Waals surface area (Å²) >= 11 is 0. The lowest BCUT2D eigenvalue weighted by molar-refractivity contribution is -0.142. The van der Waals surface area contributed by atoms with Crippen LogP contribution in [0.25, 0.3) is 0 Å². The monoisotopic (exact) mass is 550 g/mol. The molecule has 0 aliphatic heterocycles. The number of hydrogen-bond donors (Lipinski definition) is 4. The average Bonchev–Trinajstić information content (AvgIpc) is 2.89. The number of phenolic OH excluding ortho intramolecular Hbond substituents is 2. The molecular weight excluding hydrogens is 512 g/mol. The minimum atomic E-state index is -1.32. The molecule has 1 saturated carbocycles. The number of alkyl carbamates (subject to hydrolysis) is 1. The Bertz CT molecular complexity index is 1210. The Morgan fingerprint density at radius 1 is 1.05 bits per heavy atom. The van der Waals surface area contributed by atoms with Crippen molar-refractivity contribution in [3.8, 4) is 17.6 Å². The Hall–Kier alpha value is -4.26. The molecule has 10 nitrogen and oxygen atoms in total. The third kappa shape index (κ3) is 8.63. The molecule has 0 saturated heterocycles. The predicted molar refractivity (Wildman–Crippen MR) is 148 cm³/mol. The Kier molecular flexibility index (Phi) is 10.4. The van der Waals surface area contributed by atoms with Crippen molar-refractivity contribution < 1.29 is 29.3 Å². The van der Waals surface area contributed by atoms with Gasteiger partial charge in [0.05, 0.1) is 6.07 Å². The summed E-state index contributed by atoms with van der Waals surface area (Å²) < 4.78 is 5.38. The lowest BCUT2D eigenvalue weighted by Crippen LogP contribution is -2.54. The highest BCUT2D eigenvalue weighted by Crippen LogP contribution is 2.31. The largest absolute Gasteiger partial charge is 0.508 e. The quantitative estimate of drug-likeness (QED) is 0.343. The molecule has 0 spiro atoms. The number of rotatable bonds is 9. The Morgan fingerprint density at radius 2 is 1.70 bits per heavy atom. The van der Waals surface area contributed by atoms with E-state index < -0.39 is 42.1 Å².